The predicted molar refractivity (Wildman–Crippen MR) is 60.2 cm³/mol. The fourth-order valence-electron chi connectivity index (χ4n) is 2.48. The van der Waals surface area contributed by atoms with Crippen LogP contribution in [0.3, 0.4) is 0 Å². The van der Waals surface area contributed by atoms with Crippen molar-refractivity contribution in [2.75, 3.05) is 0 Å². The zero-order valence-electron chi connectivity index (χ0n) is 10.1. The van der Waals surface area contributed by atoms with Crippen LogP contribution in [0.2, 0.25) is 0 Å². The molecule has 0 aliphatic carbocycles. The molecule has 0 aromatic heterocycles. The van der Waals surface area contributed by atoms with Crippen LogP contribution < -0.4 is 0 Å². The Morgan fingerprint density at radius 1 is 1.44 bits per heavy atom. The van der Waals surface area contributed by atoms with E-state index in [1.165, 1.54) is 0 Å². The Kier molecular flexibility index (Phi) is 5.22. The van der Waals surface area contributed by atoms with Crippen molar-refractivity contribution in [2.24, 2.45) is 5.92 Å². The normalized spacial score (nSPS) is 31.6. The summed E-state index contributed by atoms with van der Waals surface area (Å²) in [4.78, 5) is 10.5. The highest BCUT2D eigenvalue weighted by atomic mass is 16.5. The van der Waals surface area contributed by atoms with Gasteiger partial charge in [0.25, 0.3) is 0 Å². The molecule has 1 aliphatic heterocycles. The van der Waals surface area contributed by atoms with Crippen molar-refractivity contribution in [1.82, 2.24) is 0 Å². The van der Waals surface area contributed by atoms with Gasteiger partial charge in [0, 0.05) is 0 Å². The summed E-state index contributed by atoms with van der Waals surface area (Å²) in [5.41, 5.74) is 0. The average molecular weight is 230 g/mol. The van der Waals surface area contributed by atoms with Gasteiger partial charge in [-0.2, -0.15) is 0 Å². The second-order valence-electron chi connectivity index (χ2n) is 4.60. The molecule has 0 spiro atoms. The van der Waals surface area contributed by atoms with Crippen molar-refractivity contribution < 1.29 is 19.7 Å². The molecule has 0 saturated carbocycles. The molecule has 2 N–H and O–H groups in total. The first kappa shape index (κ1) is 13.5. The van der Waals surface area contributed by atoms with Crippen LogP contribution in [0.15, 0.2) is 0 Å². The molecule has 0 amide bonds. The number of rotatable bonds is 6. The van der Waals surface area contributed by atoms with E-state index in [9.17, 15) is 9.90 Å². The first-order valence-electron chi connectivity index (χ1n) is 6.12. The molecule has 4 heteroatoms. The minimum Gasteiger partial charge on any atom is -0.481 e. The second-order valence-corrected chi connectivity index (χ2v) is 4.60. The largest absolute Gasteiger partial charge is 0.481 e. The van der Waals surface area contributed by atoms with E-state index >= 15 is 0 Å². The molecule has 4 atom stereocenters. The SMILES string of the molecule is CCC1CC(CC(O)CC(=O)O)C(CC)O1. The number of carbonyl (C=O) groups is 1. The molecule has 16 heavy (non-hydrogen) atoms. The molecular weight excluding hydrogens is 208 g/mol. The lowest BCUT2D eigenvalue weighted by Crippen LogP contribution is -2.22. The van der Waals surface area contributed by atoms with Crippen LogP contribution in [0.4, 0.5) is 0 Å². The standard InChI is InChI=1S/C12H22O4/c1-3-10-6-8(11(4-2)16-10)5-9(13)7-12(14)15/h8-11,13H,3-7H2,1-2H3,(H,14,15). The molecule has 1 fully saturated rings. The number of hydrogen-bond donors (Lipinski definition) is 2. The highest BCUT2D eigenvalue weighted by Crippen LogP contribution is 2.33. The highest BCUT2D eigenvalue weighted by Gasteiger charge is 2.34. The number of carboxylic acids is 1. The van der Waals surface area contributed by atoms with Crippen molar-refractivity contribution in [3.8, 4) is 0 Å². The minimum atomic E-state index is -0.938. The van der Waals surface area contributed by atoms with Crippen LogP contribution in [0.1, 0.15) is 46.0 Å². The summed E-state index contributed by atoms with van der Waals surface area (Å²) in [7, 11) is 0. The summed E-state index contributed by atoms with van der Waals surface area (Å²) in [6, 6.07) is 0. The first-order chi connectivity index (χ1) is 7.56. The maximum atomic E-state index is 10.5. The molecule has 0 bridgehead atoms. The topological polar surface area (TPSA) is 66.8 Å². The number of aliphatic carboxylic acids is 1. The van der Waals surface area contributed by atoms with Crippen molar-refractivity contribution >= 4 is 5.97 Å². The molecule has 1 rings (SSSR count). The Balaban J connectivity index is 2.42. The van der Waals surface area contributed by atoms with Gasteiger partial charge in [0.1, 0.15) is 0 Å². The summed E-state index contributed by atoms with van der Waals surface area (Å²) in [5, 5.41) is 18.2. The van der Waals surface area contributed by atoms with Crippen molar-refractivity contribution in [3.05, 3.63) is 0 Å². The molecule has 0 aromatic carbocycles. The quantitative estimate of drug-likeness (QED) is 0.730. The van der Waals surface area contributed by atoms with Gasteiger partial charge in [-0.05, 0) is 31.6 Å². The van der Waals surface area contributed by atoms with Gasteiger partial charge in [-0.25, -0.2) is 0 Å². The van der Waals surface area contributed by atoms with E-state index in [4.69, 9.17) is 9.84 Å². The van der Waals surface area contributed by atoms with Crippen LogP contribution in [-0.4, -0.2) is 34.5 Å². The fourth-order valence-corrected chi connectivity index (χ4v) is 2.48. The second kappa shape index (κ2) is 6.21. The van der Waals surface area contributed by atoms with E-state index < -0.39 is 12.1 Å². The Morgan fingerprint density at radius 3 is 2.62 bits per heavy atom. The number of aliphatic hydroxyl groups is 1. The lowest BCUT2D eigenvalue weighted by Gasteiger charge is -2.19. The Bertz CT molecular complexity index is 229. The Hall–Kier alpha value is -0.610. The molecule has 4 unspecified atom stereocenters. The van der Waals surface area contributed by atoms with Gasteiger partial charge in [0.2, 0.25) is 0 Å². The molecule has 0 radical (unpaired) electrons. The van der Waals surface area contributed by atoms with Crippen molar-refractivity contribution in [1.29, 1.82) is 0 Å². The number of aliphatic hydroxyl groups excluding tert-OH is 1. The van der Waals surface area contributed by atoms with Crippen LogP contribution in [0.5, 0.6) is 0 Å². The first-order valence-corrected chi connectivity index (χ1v) is 6.12. The molecule has 94 valence electrons. The van der Waals surface area contributed by atoms with E-state index in [2.05, 4.69) is 13.8 Å². The van der Waals surface area contributed by atoms with Gasteiger partial charge >= 0.3 is 5.97 Å². The summed E-state index contributed by atoms with van der Waals surface area (Å²) in [6.07, 6.45) is 2.98. The van der Waals surface area contributed by atoms with E-state index in [0.717, 1.165) is 19.3 Å². The van der Waals surface area contributed by atoms with E-state index in [1.54, 1.807) is 0 Å². The maximum absolute atomic E-state index is 10.5. The van der Waals surface area contributed by atoms with Gasteiger partial charge in [0.15, 0.2) is 0 Å². The summed E-state index contributed by atoms with van der Waals surface area (Å²) in [6.45, 7) is 4.16. The maximum Gasteiger partial charge on any atom is 0.305 e. The zero-order valence-corrected chi connectivity index (χ0v) is 10.1. The van der Waals surface area contributed by atoms with Crippen LogP contribution in [0.25, 0.3) is 0 Å². The summed E-state index contributed by atoms with van der Waals surface area (Å²) < 4.78 is 5.82. The minimum absolute atomic E-state index is 0.163. The van der Waals surface area contributed by atoms with Crippen LogP contribution in [0, 0.1) is 5.92 Å². The molecule has 1 heterocycles. The smallest absolute Gasteiger partial charge is 0.305 e. The molecule has 4 nitrogen and oxygen atoms in total. The molecule has 0 aromatic rings. The number of ether oxygens (including phenoxy) is 1. The van der Waals surface area contributed by atoms with E-state index in [-0.39, 0.29) is 18.6 Å². The van der Waals surface area contributed by atoms with Gasteiger partial charge in [0.05, 0.1) is 24.7 Å². The monoisotopic (exact) mass is 230 g/mol. The van der Waals surface area contributed by atoms with Crippen molar-refractivity contribution in [3.63, 3.8) is 0 Å². The van der Waals surface area contributed by atoms with Crippen LogP contribution in [-0.2, 0) is 9.53 Å². The highest BCUT2D eigenvalue weighted by molar-refractivity contribution is 5.67. The third kappa shape index (κ3) is 3.76. The number of hydrogen-bond acceptors (Lipinski definition) is 3. The Labute approximate surface area is 96.6 Å². The van der Waals surface area contributed by atoms with Gasteiger partial charge in [-0.3, -0.25) is 4.79 Å². The predicted octanol–water partition coefficient (Wildman–Crippen LogP) is 1.81. The van der Waals surface area contributed by atoms with Crippen molar-refractivity contribution in [2.45, 2.75) is 64.3 Å². The lowest BCUT2D eigenvalue weighted by atomic mass is 9.90. The lowest BCUT2D eigenvalue weighted by molar-refractivity contribution is -0.139. The van der Waals surface area contributed by atoms with Gasteiger partial charge < -0.3 is 14.9 Å². The summed E-state index contributed by atoms with van der Waals surface area (Å²) >= 11 is 0. The van der Waals surface area contributed by atoms with E-state index in [1.807, 2.05) is 0 Å². The molecular formula is C12H22O4. The fraction of sp³-hybridized carbons (Fsp3) is 0.917. The third-order valence-electron chi connectivity index (χ3n) is 3.30. The number of carboxylic acid groups (broad SMARTS) is 1. The van der Waals surface area contributed by atoms with Crippen LogP contribution >= 0.6 is 0 Å². The molecule has 1 aliphatic rings. The zero-order chi connectivity index (χ0) is 12.1. The van der Waals surface area contributed by atoms with E-state index in [0.29, 0.717) is 12.3 Å². The molecule has 1 saturated heterocycles. The average Bonchev–Trinajstić information content (AvgIpc) is 2.59. The van der Waals surface area contributed by atoms with Gasteiger partial charge in [-0.15, -0.1) is 0 Å². The Morgan fingerprint density at radius 2 is 2.12 bits per heavy atom. The third-order valence-corrected chi connectivity index (χ3v) is 3.30. The van der Waals surface area contributed by atoms with Gasteiger partial charge in [-0.1, -0.05) is 13.8 Å². The summed E-state index contributed by atoms with van der Waals surface area (Å²) in [5.74, 6) is -0.629.